The van der Waals surface area contributed by atoms with Gasteiger partial charge in [-0.05, 0) is 46.8 Å². The van der Waals surface area contributed by atoms with Crippen LogP contribution in [0, 0.1) is 0 Å². The first-order valence-electron chi connectivity index (χ1n) is 8.00. The molecule has 1 aromatic heterocycles. The number of carbonyl (C=O) groups is 1. The van der Waals surface area contributed by atoms with Crippen molar-refractivity contribution in [2.45, 2.75) is 46.7 Å². The minimum atomic E-state index is 0.0126. The maximum absolute atomic E-state index is 11.5. The molecule has 7 nitrogen and oxygen atoms in total. The van der Waals surface area contributed by atoms with Crippen molar-refractivity contribution >= 4 is 29.3 Å². The summed E-state index contributed by atoms with van der Waals surface area (Å²) in [6.45, 7) is 9.61. The van der Waals surface area contributed by atoms with E-state index in [1.165, 1.54) is 6.92 Å². The van der Waals surface area contributed by atoms with Gasteiger partial charge in [-0.25, -0.2) is 0 Å². The number of rotatable bonds is 7. The summed E-state index contributed by atoms with van der Waals surface area (Å²) in [4.78, 5) is 24.6. The number of hydrogen-bond acceptors (Lipinski definition) is 7. The standard InChI is InChI=1S/C17H24N6O/c1-10(2)18-15-21-16(19-11(3)4)23-17(22-15)20-14-8-6-7-13(9-14)12(5)24/h6-11H,1-5H3,(H3,18,19,20,21,22,23). The van der Waals surface area contributed by atoms with E-state index in [0.29, 0.717) is 23.4 Å². The zero-order valence-corrected chi connectivity index (χ0v) is 14.7. The second-order valence-electron chi connectivity index (χ2n) is 6.17. The van der Waals surface area contributed by atoms with Crippen molar-refractivity contribution < 1.29 is 4.79 Å². The number of carbonyl (C=O) groups excluding carboxylic acids is 1. The van der Waals surface area contributed by atoms with Gasteiger partial charge in [0.15, 0.2) is 5.78 Å². The maximum atomic E-state index is 11.5. The smallest absolute Gasteiger partial charge is 0.233 e. The van der Waals surface area contributed by atoms with E-state index in [0.717, 1.165) is 5.69 Å². The highest BCUT2D eigenvalue weighted by atomic mass is 16.1. The summed E-state index contributed by atoms with van der Waals surface area (Å²) in [6, 6.07) is 7.64. The van der Waals surface area contributed by atoms with Crippen LogP contribution in [0.15, 0.2) is 24.3 Å². The van der Waals surface area contributed by atoms with Gasteiger partial charge in [0.2, 0.25) is 17.8 Å². The second kappa shape index (κ2) is 7.72. The highest BCUT2D eigenvalue weighted by Crippen LogP contribution is 2.18. The van der Waals surface area contributed by atoms with Gasteiger partial charge in [-0.1, -0.05) is 12.1 Å². The average molecular weight is 328 g/mol. The molecule has 2 aromatic rings. The summed E-state index contributed by atoms with van der Waals surface area (Å²) in [7, 11) is 0. The minimum Gasteiger partial charge on any atom is -0.352 e. The Morgan fingerprint density at radius 2 is 1.46 bits per heavy atom. The molecular weight excluding hydrogens is 304 g/mol. The van der Waals surface area contributed by atoms with Crippen LogP contribution in [0.4, 0.5) is 23.5 Å². The molecule has 24 heavy (non-hydrogen) atoms. The molecule has 0 aliphatic rings. The number of hydrogen-bond donors (Lipinski definition) is 3. The zero-order valence-electron chi connectivity index (χ0n) is 14.7. The number of ketones is 1. The van der Waals surface area contributed by atoms with Crippen molar-refractivity contribution in [1.82, 2.24) is 15.0 Å². The fourth-order valence-corrected chi connectivity index (χ4v) is 2.02. The van der Waals surface area contributed by atoms with Gasteiger partial charge in [0.25, 0.3) is 0 Å². The lowest BCUT2D eigenvalue weighted by Gasteiger charge is -2.14. The summed E-state index contributed by atoms with van der Waals surface area (Å²) in [5, 5.41) is 9.49. The predicted octanol–water partition coefficient (Wildman–Crippen LogP) is 3.46. The van der Waals surface area contributed by atoms with Crippen LogP contribution in [0.5, 0.6) is 0 Å². The van der Waals surface area contributed by atoms with Crippen LogP contribution in [0.1, 0.15) is 45.0 Å². The molecule has 0 amide bonds. The number of benzene rings is 1. The first-order valence-corrected chi connectivity index (χ1v) is 8.00. The highest BCUT2D eigenvalue weighted by molar-refractivity contribution is 5.95. The van der Waals surface area contributed by atoms with Crippen molar-refractivity contribution in [2.24, 2.45) is 0 Å². The van der Waals surface area contributed by atoms with E-state index in [1.54, 1.807) is 12.1 Å². The number of aromatic nitrogens is 3. The lowest BCUT2D eigenvalue weighted by atomic mass is 10.1. The normalized spacial score (nSPS) is 10.8. The van der Waals surface area contributed by atoms with Crippen molar-refractivity contribution in [3.8, 4) is 0 Å². The summed E-state index contributed by atoms with van der Waals surface area (Å²) in [6.07, 6.45) is 0. The van der Waals surface area contributed by atoms with Crippen LogP contribution in [-0.2, 0) is 0 Å². The quantitative estimate of drug-likeness (QED) is 0.670. The number of nitrogens with zero attached hydrogens (tertiary/aromatic N) is 3. The Morgan fingerprint density at radius 1 is 0.917 bits per heavy atom. The molecule has 1 heterocycles. The molecule has 2 rings (SSSR count). The lowest BCUT2D eigenvalue weighted by molar-refractivity contribution is 0.101. The molecule has 0 unspecified atom stereocenters. The van der Waals surface area contributed by atoms with E-state index >= 15 is 0 Å². The third kappa shape index (κ3) is 5.19. The van der Waals surface area contributed by atoms with Crippen molar-refractivity contribution in [3.05, 3.63) is 29.8 Å². The average Bonchev–Trinajstić information content (AvgIpc) is 2.45. The number of nitrogens with one attached hydrogen (secondary N) is 3. The van der Waals surface area contributed by atoms with Gasteiger partial charge in [0.1, 0.15) is 0 Å². The summed E-state index contributed by atoms with van der Waals surface area (Å²) in [5.41, 5.74) is 1.38. The molecule has 1 aromatic carbocycles. The Hall–Kier alpha value is -2.70. The topological polar surface area (TPSA) is 91.8 Å². The maximum Gasteiger partial charge on any atom is 0.233 e. The molecule has 0 bridgehead atoms. The molecule has 0 fully saturated rings. The van der Waals surface area contributed by atoms with Crippen molar-refractivity contribution in [2.75, 3.05) is 16.0 Å². The zero-order chi connectivity index (χ0) is 17.7. The van der Waals surface area contributed by atoms with E-state index in [-0.39, 0.29) is 17.9 Å². The van der Waals surface area contributed by atoms with Gasteiger partial charge in [-0.2, -0.15) is 15.0 Å². The van der Waals surface area contributed by atoms with Crippen LogP contribution in [0.2, 0.25) is 0 Å². The molecule has 3 N–H and O–H groups in total. The Kier molecular flexibility index (Phi) is 5.68. The first kappa shape index (κ1) is 17.7. The SMILES string of the molecule is CC(=O)c1cccc(Nc2nc(NC(C)C)nc(NC(C)C)n2)c1. The monoisotopic (exact) mass is 328 g/mol. The van der Waals surface area contributed by atoms with Crippen molar-refractivity contribution in [3.63, 3.8) is 0 Å². The summed E-state index contributed by atoms with van der Waals surface area (Å²) >= 11 is 0. The molecule has 0 aliphatic carbocycles. The van der Waals surface area contributed by atoms with E-state index in [9.17, 15) is 4.79 Å². The third-order valence-corrected chi connectivity index (χ3v) is 3.00. The van der Waals surface area contributed by atoms with E-state index < -0.39 is 0 Å². The molecule has 0 saturated carbocycles. The summed E-state index contributed by atoms with van der Waals surface area (Å²) < 4.78 is 0. The van der Waals surface area contributed by atoms with E-state index in [2.05, 4.69) is 30.9 Å². The van der Waals surface area contributed by atoms with Gasteiger partial charge in [0.05, 0.1) is 0 Å². The third-order valence-electron chi connectivity index (χ3n) is 3.00. The van der Waals surface area contributed by atoms with Crippen molar-refractivity contribution in [1.29, 1.82) is 0 Å². The van der Waals surface area contributed by atoms with Crippen LogP contribution < -0.4 is 16.0 Å². The van der Waals surface area contributed by atoms with Crippen LogP contribution in [0.25, 0.3) is 0 Å². The Labute approximate surface area is 142 Å². The first-order chi connectivity index (χ1) is 11.3. The van der Waals surface area contributed by atoms with Crippen LogP contribution >= 0.6 is 0 Å². The molecule has 0 spiro atoms. The van der Waals surface area contributed by atoms with Crippen LogP contribution in [0.3, 0.4) is 0 Å². The summed E-state index contributed by atoms with van der Waals surface area (Å²) in [5.74, 6) is 1.41. The lowest BCUT2D eigenvalue weighted by Crippen LogP contribution is -2.18. The van der Waals surface area contributed by atoms with Gasteiger partial charge in [-0.15, -0.1) is 0 Å². The van der Waals surface area contributed by atoms with Gasteiger partial charge in [0, 0.05) is 23.3 Å². The largest absolute Gasteiger partial charge is 0.352 e. The Balaban J connectivity index is 2.30. The second-order valence-corrected chi connectivity index (χ2v) is 6.17. The highest BCUT2D eigenvalue weighted by Gasteiger charge is 2.09. The van der Waals surface area contributed by atoms with Gasteiger partial charge >= 0.3 is 0 Å². The van der Waals surface area contributed by atoms with E-state index in [1.807, 2.05) is 39.8 Å². The molecule has 128 valence electrons. The minimum absolute atomic E-state index is 0.0126. The molecular formula is C17H24N6O. The fraction of sp³-hybridized carbons (Fsp3) is 0.412. The number of anilines is 4. The molecule has 0 saturated heterocycles. The fourth-order valence-electron chi connectivity index (χ4n) is 2.02. The predicted molar refractivity (Wildman–Crippen MR) is 97.1 cm³/mol. The van der Waals surface area contributed by atoms with E-state index in [4.69, 9.17) is 0 Å². The molecule has 0 radical (unpaired) electrons. The molecule has 7 heteroatoms. The molecule has 0 aliphatic heterocycles. The molecule has 0 atom stereocenters. The Bertz CT molecular complexity index is 686. The number of Topliss-reactive ketones (excluding diaryl/α,β-unsaturated/α-hetero) is 1. The van der Waals surface area contributed by atoms with Gasteiger partial charge in [-0.3, -0.25) is 4.79 Å². The van der Waals surface area contributed by atoms with Gasteiger partial charge < -0.3 is 16.0 Å². The van der Waals surface area contributed by atoms with Crippen LogP contribution in [-0.4, -0.2) is 32.8 Å². The Morgan fingerprint density at radius 3 is 1.96 bits per heavy atom.